The molecule has 1 aliphatic rings. The predicted molar refractivity (Wildman–Crippen MR) is 112 cm³/mol. The first kappa shape index (κ1) is 19.1. The number of amides is 2. The smallest absolute Gasteiger partial charge is 0.256 e. The predicted octanol–water partition coefficient (Wildman–Crippen LogP) is 3.33. The lowest BCUT2D eigenvalue weighted by molar-refractivity contribution is -0.125. The monoisotopic (exact) mass is 391 g/mol. The van der Waals surface area contributed by atoms with Crippen LogP contribution in [0.25, 0.3) is 10.8 Å². The largest absolute Gasteiger partial charge is 0.322 e. The van der Waals surface area contributed by atoms with Gasteiger partial charge in [0.1, 0.15) is 5.82 Å². The van der Waals surface area contributed by atoms with Crippen LogP contribution in [0.4, 0.5) is 5.82 Å². The summed E-state index contributed by atoms with van der Waals surface area (Å²) in [6.45, 7) is 3.95. The maximum atomic E-state index is 12.9. The molecule has 3 aromatic rings. The molecule has 1 fully saturated rings. The van der Waals surface area contributed by atoms with E-state index in [0.717, 1.165) is 29.3 Å². The van der Waals surface area contributed by atoms with Crippen molar-refractivity contribution in [3.05, 3.63) is 59.8 Å². The highest BCUT2D eigenvalue weighted by atomic mass is 16.2. The number of carbonyl (C=O) groups is 2. The van der Waals surface area contributed by atoms with Crippen molar-refractivity contribution in [3.63, 3.8) is 0 Å². The molecule has 0 aliphatic carbocycles. The van der Waals surface area contributed by atoms with Gasteiger partial charge < -0.3 is 10.6 Å². The summed E-state index contributed by atoms with van der Waals surface area (Å²) in [5, 5.41) is 15.8. The number of hydrogen-bond acceptors (Lipinski definition) is 4. The summed E-state index contributed by atoms with van der Waals surface area (Å²) in [5.41, 5.74) is 1.33. The Hall–Kier alpha value is -3.19. The molecule has 1 aromatic heterocycles. The maximum Gasteiger partial charge on any atom is 0.256 e. The standard InChI is InChI=1S/C22H25N5O2/c1-3-6-18-13-20(28)25-22(23-18)27-19(11-14(2)26-27)24-21(29)17-10-9-15-7-4-5-8-16(15)12-17/h4-5,7-12,18,22-23H,3,6,13H2,1-2H3,(H,24,29)(H,25,28). The molecular formula is C22H25N5O2. The van der Waals surface area contributed by atoms with E-state index < -0.39 is 6.29 Å². The summed E-state index contributed by atoms with van der Waals surface area (Å²) in [4.78, 5) is 25.0. The van der Waals surface area contributed by atoms with Crippen LogP contribution in [-0.4, -0.2) is 27.6 Å². The second-order valence-electron chi connectivity index (χ2n) is 7.46. The molecule has 1 aliphatic heterocycles. The zero-order chi connectivity index (χ0) is 20.4. The third kappa shape index (κ3) is 4.14. The minimum Gasteiger partial charge on any atom is -0.322 e. The maximum absolute atomic E-state index is 12.9. The average molecular weight is 391 g/mol. The molecule has 0 bridgehead atoms. The van der Waals surface area contributed by atoms with Gasteiger partial charge in [-0.05, 0) is 36.2 Å². The van der Waals surface area contributed by atoms with E-state index in [1.54, 1.807) is 10.7 Å². The fourth-order valence-corrected chi connectivity index (χ4v) is 3.75. The van der Waals surface area contributed by atoms with Crippen molar-refractivity contribution in [2.45, 2.75) is 45.4 Å². The van der Waals surface area contributed by atoms with Crippen LogP contribution >= 0.6 is 0 Å². The Morgan fingerprint density at radius 3 is 2.79 bits per heavy atom. The number of nitrogens with one attached hydrogen (secondary N) is 3. The van der Waals surface area contributed by atoms with Gasteiger partial charge >= 0.3 is 0 Å². The van der Waals surface area contributed by atoms with Crippen LogP contribution in [-0.2, 0) is 4.79 Å². The van der Waals surface area contributed by atoms with Gasteiger partial charge in [-0.25, -0.2) is 4.68 Å². The molecule has 2 aromatic carbocycles. The second-order valence-corrected chi connectivity index (χ2v) is 7.46. The molecule has 7 heteroatoms. The van der Waals surface area contributed by atoms with Crippen LogP contribution in [0.3, 0.4) is 0 Å². The van der Waals surface area contributed by atoms with Gasteiger partial charge in [-0.2, -0.15) is 5.10 Å². The minimum atomic E-state index is -0.492. The van der Waals surface area contributed by atoms with E-state index in [1.807, 2.05) is 49.4 Å². The third-order valence-corrected chi connectivity index (χ3v) is 5.12. The van der Waals surface area contributed by atoms with Gasteiger partial charge in [0, 0.05) is 24.1 Å². The Balaban J connectivity index is 1.57. The topological polar surface area (TPSA) is 88.1 Å². The lowest BCUT2D eigenvalue weighted by Crippen LogP contribution is -2.53. The van der Waals surface area contributed by atoms with Gasteiger partial charge in [-0.3, -0.25) is 14.9 Å². The number of nitrogens with zero attached hydrogens (tertiary/aromatic N) is 2. The second kappa shape index (κ2) is 8.05. The highest BCUT2D eigenvalue weighted by Crippen LogP contribution is 2.21. The molecule has 2 unspecified atom stereocenters. The van der Waals surface area contributed by atoms with Crippen molar-refractivity contribution in [2.75, 3.05) is 5.32 Å². The van der Waals surface area contributed by atoms with E-state index in [2.05, 4.69) is 28.0 Å². The summed E-state index contributed by atoms with van der Waals surface area (Å²) in [5.74, 6) is 0.298. The minimum absolute atomic E-state index is 0.0211. The van der Waals surface area contributed by atoms with Crippen LogP contribution in [0.5, 0.6) is 0 Å². The zero-order valence-corrected chi connectivity index (χ0v) is 16.6. The molecule has 29 heavy (non-hydrogen) atoms. The number of hydrogen-bond donors (Lipinski definition) is 3. The number of benzene rings is 2. The highest BCUT2D eigenvalue weighted by Gasteiger charge is 2.28. The Bertz CT molecular complexity index is 1060. The molecule has 2 heterocycles. The van der Waals surface area contributed by atoms with Crippen LogP contribution in [0, 0.1) is 6.92 Å². The van der Waals surface area contributed by atoms with Crippen molar-refractivity contribution in [3.8, 4) is 0 Å². The van der Waals surface area contributed by atoms with E-state index in [-0.39, 0.29) is 17.9 Å². The summed E-state index contributed by atoms with van der Waals surface area (Å²) in [7, 11) is 0. The number of anilines is 1. The van der Waals surface area contributed by atoms with Crippen LogP contribution in [0.15, 0.2) is 48.5 Å². The third-order valence-electron chi connectivity index (χ3n) is 5.12. The van der Waals surface area contributed by atoms with Crippen LogP contribution < -0.4 is 16.0 Å². The van der Waals surface area contributed by atoms with Crippen LogP contribution in [0.1, 0.15) is 48.5 Å². The fourth-order valence-electron chi connectivity index (χ4n) is 3.75. The Labute approximate surface area is 169 Å². The van der Waals surface area contributed by atoms with Gasteiger partial charge in [-0.15, -0.1) is 0 Å². The van der Waals surface area contributed by atoms with Crippen molar-refractivity contribution < 1.29 is 9.59 Å². The van der Waals surface area contributed by atoms with Gasteiger partial charge in [-0.1, -0.05) is 43.7 Å². The van der Waals surface area contributed by atoms with Gasteiger partial charge in [0.15, 0.2) is 6.29 Å². The Morgan fingerprint density at radius 2 is 2.00 bits per heavy atom. The van der Waals surface area contributed by atoms with Gasteiger partial charge in [0.05, 0.1) is 5.69 Å². The molecule has 3 N–H and O–H groups in total. The lowest BCUT2D eigenvalue weighted by Gasteiger charge is -2.32. The van der Waals surface area contributed by atoms with E-state index in [4.69, 9.17) is 0 Å². The summed E-state index contributed by atoms with van der Waals surface area (Å²) < 4.78 is 1.63. The first-order chi connectivity index (χ1) is 14.0. The highest BCUT2D eigenvalue weighted by molar-refractivity contribution is 6.06. The normalized spacial score (nSPS) is 19.2. The molecular weight excluding hydrogens is 366 g/mol. The quantitative estimate of drug-likeness (QED) is 0.622. The molecule has 2 atom stereocenters. The number of aromatic nitrogens is 2. The SMILES string of the molecule is CCCC1CC(=O)NC(n2nc(C)cc2NC(=O)c2ccc3ccccc3c2)N1. The fraction of sp³-hybridized carbons (Fsp3) is 0.318. The number of rotatable bonds is 5. The van der Waals surface area contributed by atoms with Crippen molar-refractivity contribution in [1.82, 2.24) is 20.4 Å². The molecule has 1 saturated heterocycles. The molecule has 0 saturated carbocycles. The molecule has 4 rings (SSSR count). The summed E-state index contributed by atoms with van der Waals surface area (Å²) in [6, 6.07) is 15.4. The number of aryl methyl sites for hydroxylation is 1. The molecule has 7 nitrogen and oxygen atoms in total. The van der Waals surface area contributed by atoms with E-state index in [0.29, 0.717) is 17.8 Å². The van der Waals surface area contributed by atoms with Crippen molar-refractivity contribution >= 4 is 28.4 Å². The lowest BCUT2D eigenvalue weighted by atomic mass is 10.1. The Kier molecular flexibility index (Phi) is 5.31. The first-order valence-corrected chi connectivity index (χ1v) is 9.95. The van der Waals surface area contributed by atoms with Gasteiger partial charge in [0.25, 0.3) is 5.91 Å². The van der Waals surface area contributed by atoms with E-state index >= 15 is 0 Å². The first-order valence-electron chi connectivity index (χ1n) is 9.95. The van der Waals surface area contributed by atoms with Crippen molar-refractivity contribution in [2.24, 2.45) is 0 Å². The number of fused-ring (bicyclic) bond motifs is 1. The average Bonchev–Trinajstić information content (AvgIpc) is 3.07. The molecule has 150 valence electrons. The molecule has 0 spiro atoms. The molecule has 2 amide bonds. The van der Waals surface area contributed by atoms with Crippen molar-refractivity contribution in [1.29, 1.82) is 0 Å². The number of carbonyl (C=O) groups excluding carboxylic acids is 2. The zero-order valence-electron chi connectivity index (χ0n) is 16.6. The summed E-state index contributed by atoms with van der Waals surface area (Å²) in [6.07, 6.45) is 1.85. The van der Waals surface area contributed by atoms with Crippen LogP contribution in [0.2, 0.25) is 0 Å². The van der Waals surface area contributed by atoms with E-state index in [9.17, 15) is 9.59 Å². The Morgan fingerprint density at radius 1 is 1.21 bits per heavy atom. The molecule has 0 radical (unpaired) electrons. The van der Waals surface area contributed by atoms with Gasteiger partial charge in [0.2, 0.25) is 5.91 Å². The van der Waals surface area contributed by atoms with E-state index in [1.165, 1.54) is 0 Å². The summed E-state index contributed by atoms with van der Waals surface area (Å²) >= 11 is 0.